The van der Waals surface area contributed by atoms with Gasteiger partial charge in [-0.05, 0) is 44.0 Å². The molecule has 1 aromatic carbocycles. The topological polar surface area (TPSA) is 62.6 Å². The Bertz CT molecular complexity index is 827. The number of benzene rings is 1. The van der Waals surface area contributed by atoms with Crippen molar-refractivity contribution in [2.75, 3.05) is 13.1 Å². The van der Waals surface area contributed by atoms with Crippen LogP contribution in [0.1, 0.15) is 24.2 Å². The number of hydrogen-bond acceptors (Lipinski definition) is 3. The highest BCUT2D eigenvalue weighted by Gasteiger charge is 2.27. The molecule has 2 heterocycles. The third kappa shape index (κ3) is 3.71. The van der Waals surface area contributed by atoms with E-state index in [4.69, 9.17) is 16.0 Å². The second-order valence-electron chi connectivity index (χ2n) is 6.34. The third-order valence-electron chi connectivity index (χ3n) is 4.70. The van der Waals surface area contributed by atoms with Gasteiger partial charge >= 0.3 is 0 Å². The first-order valence-electron chi connectivity index (χ1n) is 8.36. The number of carbonyl (C=O) groups excluding carboxylic acids is 2. The van der Waals surface area contributed by atoms with Crippen LogP contribution < -0.4 is 5.32 Å². The Balaban J connectivity index is 1.65. The average Bonchev–Trinajstić information content (AvgIpc) is 2.94. The fourth-order valence-corrected chi connectivity index (χ4v) is 3.42. The van der Waals surface area contributed by atoms with Gasteiger partial charge in [0.05, 0.1) is 12.5 Å². The van der Waals surface area contributed by atoms with E-state index >= 15 is 0 Å². The van der Waals surface area contributed by atoms with Crippen molar-refractivity contribution in [2.24, 2.45) is 5.92 Å². The summed E-state index contributed by atoms with van der Waals surface area (Å²) in [5.41, 5.74) is 1.73. The van der Waals surface area contributed by atoms with E-state index in [1.54, 1.807) is 11.0 Å². The maximum absolute atomic E-state index is 12.5. The number of halogens is 1. The molecule has 132 valence electrons. The van der Waals surface area contributed by atoms with Gasteiger partial charge in [-0.3, -0.25) is 9.59 Å². The summed E-state index contributed by atoms with van der Waals surface area (Å²) in [7, 11) is 0. The van der Waals surface area contributed by atoms with Crippen molar-refractivity contribution in [3.05, 3.63) is 47.2 Å². The largest absolute Gasteiger partial charge is 0.459 e. The van der Waals surface area contributed by atoms with Crippen molar-refractivity contribution in [3.8, 4) is 0 Å². The second-order valence-corrected chi connectivity index (χ2v) is 6.77. The van der Waals surface area contributed by atoms with Crippen LogP contribution in [0.5, 0.6) is 0 Å². The first kappa shape index (κ1) is 17.5. The molecular weight excluding hydrogens is 340 g/mol. The summed E-state index contributed by atoms with van der Waals surface area (Å²) in [6.07, 6.45) is 2.89. The smallest absolute Gasteiger partial charge is 0.245 e. The molecule has 1 aliphatic heterocycles. The molecule has 3 rings (SSSR count). The van der Waals surface area contributed by atoms with Gasteiger partial charge < -0.3 is 14.6 Å². The minimum absolute atomic E-state index is 0.0561. The zero-order chi connectivity index (χ0) is 18.0. The monoisotopic (exact) mass is 360 g/mol. The quantitative estimate of drug-likeness (QED) is 0.849. The lowest BCUT2D eigenvalue weighted by Gasteiger charge is -2.31. The molecule has 6 heteroatoms. The molecule has 0 saturated carbocycles. The van der Waals surface area contributed by atoms with Gasteiger partial charge in [0, 0.05) is 29.1 Å². The van der Waals surface area contributed by atoms with Gasteiger partial charge in [0.1, 0.15) is 11.3 Å². The molecule has 5 nitrogen and oxygen atoms in total. The van der Waals surface area contributed by atoms with E-state index < -0.39 is 0 Å². The number of likely N-dealkylation sites (tertiary alicyclic amines) is 1. The molecule has 1 fully saturated rings. The Hall–Kier alpha value is -2.27. The fraction of sp³-hybridized carbons (Fsp3) is 0.368. The molecule has 0 bridgehead atoms. The van der Waals surface area contributed by atoms with Crippen LogP contribution in [0.4, 0.5) is 0 Å². The minimum Gasteiger partial charge on any atom is -0.459 e. The lowest BCUT2D eigenvalue weighted by molar-refractivity contribution is -0.132. The number of carbonyl (C=O) groups is 2. The van der Waals surface area contributed by atoms with E-state index in [0.717, 1.165) is 35.1 Å². The highest BCUT2D eigenvalue weighted by atomic mass is 35.5. The summed E-state index contributed by atoms with van der Waals surface area (Å²) < 4.78 is 5.82. The first-order chi connectivity index (χ1) is 12.0. The van der Waals surface area contributed by atoms with Crippen LogP contribution in [-0.2, 0) is 16.1 Å². The molecule has 1 atom stereocenters. The van der Waals surface area contributed by atoms with E-state index in [-0.39, 0.29) is 17.7 Å². The molecular formula is C19H21ClN2O3. The lowest BCUT2D eigenvalue weighted by atomic mass is 9.97. The van der Waals surface area contributed by atoms with Crippen LogP contribution >= 0.6 is 11.6 Å². The number of piperidine rings is 1. The number of nitrogens with one attached hydrogen (secondary N) is 1. The van der Waals surface area contributed by atoms with Crippen LogP contribution in [0, 0.1) is 12.8 Å². The molecule has 2 aromatic rings. The van der Waals surface area contributed by atoms with Gasteiger partial charge in [0.25, 0.3) is 0 Å². The van der Waals surface area contributed by atoms with Gasteiger partial charge in [0.15, 0.2) is 0 Å². The van der Waals surface area contributed by atoms with Gasteiger partial charge in [-0.25, -0.2) is 0 Å². The van der Waals surface area contributed by atoms with E-state index in [0.29, 0.717) is 24.7 Å². The Kier molecular flexibility index (Phi) is 5.13. The molecule has 2 amide bonds. The van der Waals surface area contributed by atoms with Crippen LogP contribution in [0.3, 0.4) is 0 Å². The number of amides is 2. The molecule has 0 radical (unpaired) electrons. The maximum Gasteiger partial charge on any atom is 0.245 e. The Morgan fingerprint density at radius 3 is 3.04 bits per heavy atom. The summed E-state index contributed by atoms with van der Waals surface area (Å²) >= 11 is 6.03. The number of furan rings is 1. The number of rotatable bonds is 4. The Labute approximate surface area is 151 Å². The molecule has 1 aromatic heterocycles. The van der Waals surface area contributed by atoms with E-state index in [2.05, 4.69) is 11.9 Å². The third-order valence-corrected chi connectivity index (χ3v) is 4.93. The van der Waals surface area contributed by atoms with Crippen molar-refractivity contribution in [3.63, 3.8) is 0 Å². The van der Waals surface area contributed by atoms with Crippen LogP contribution in [0.2, 0.25) is 5.02 Å². The van der Waals surface area contributed by atoms with Gasteiger partial charge in [-0.1, -0.05) is 18.2 Å². The maximum atomic E-state index is 12.5. The normalized spacial score (nSPS) is 17.5. The molecule has 1 unspecified atom stereocenters. The van der Waals surface area contributed by atoms with Crippen LogP contribution in [0.25, 0.3) is 11.0 Å². The average molecular weight is 361 g/mol. The zero-order valence-electron chi connectivity index (χ0n) is 14.2. The van der Waals surface area contributed by atoms with Crippen LogP contribution in [0.15, 0.2) is 35.3 Å². The highest BCUT2D eigenvalue weighted by Crippen LogP contribution is 2.28. The van der Waals surface area contributed by atoms with E-state index in [1.165, 1.54) is 6.08 Å². The predicted molar refractivity (Wildman–Crippen MR) is 97.3 cm³/mol. The van der Waals surface area contributed by atoms with Crippen LogP contribution in [-0.4, -0.2) is 29.8 Å². The molecule has 25 heavy (non-hydrogen) atoms. The summed E-state index contributed by atoms with van der Waals surface area (Å²) in [6.45, 7) is 6.89. The number of fused-ring (bicyclic) bond motifs is 1. The number of hydrogen-bond donors (Lipinski definition) is 1. The molecule has 1 N–H and O–H groups in total. The van der Waals surface area contributed by atoms with Gasteiger partial charge in [0.2, 0.25) is 11.8 Å². The van der Waals surface area contributed by atoms with Crippen molar-refractivity contribution in [2.45, 2.75) is 26.3 Å². The lowest BCUT2D eigenvalue weighted by Crippen LogP contribution is -2.44. The SMILES string of the molecule is C=CC(=O)N1CCCC(C(=O)NCc2oc3ccc(Cl)cc3c2C)C1. The Morgan fingerprint density at radius 1 is 1.48 bits per heavy atom. The molecule has 1 aliphatic rings. The first-order valence-corrected chi connectivity index (χ1v) is 8.74. The predicted octanol–water partition coefficient (Wildman–Crippen LogP) is 3.44. The zero-order valence-corrected chi connectivity index (χ0v) is 14.9. The number of nitrogens with zero attached hydrogens (tertiary/aromatic N) is 1. The minimum atomic E-state index is -0.197. The molecule has 0 aliphatic carbocycles. The second kappa shape index (κ2) is 7.31. The highest BCUT2D eigenvalue weighted by molar-refractivity contribution is 6.31. The standard InChI is InChI=1S/C19H21ClN2O3/c1-3-18(23)22-8-4-5-13(11-22)19(24)21-10-17-12(2)15-9-14(20)6-7-16(15)25-17/h3,6-7,9,13H,1,4-5,8,10-11H2,2H3,(H,21,24). The van der Waals surface area contributed by atoms with Gasteiger partial charge in [-0.2, -0.15) is 0 Å². The van der Waals surface area contributed by atoms with Crippen molar-refractivity contribution < 1.29 is 14.0 Å². The van der Waals surface area contributed by atoms with E-state index in [1.807, 2.05) is 19.1 Å². The summed E-state index contributed by atoms with van der Waals surface area (Å²) in [6, 6.07) is 5.47. The molecule has 0 spiro atoms. The number of aryl methyl sites for hydroxylation is 1. The van der Waals surface area contributed by atoms with E-state index in [9.17, 15) is 9.59 Å². The Morgan fingerprint density at radius 2 is 2.28 bits per heavy atom. The summed E-state index contributed by atoms with van der Waals surface area (Å²) in [5.74, 6) is 0.346. The fourth-order valence-electron chi connectivity index (χ4n) is 3.24. The van der Waals surface area contributed by atoms with Crippen molar-refractivity contribution in [1.82, 2.24) is 10.2 Å². The summed E-state index contributed by atoms with van der Waals surface area (Å²) in [4.78, 5) is 25.9. The van der Waals surface area contributed by atoms with Gasteiger partial charge in [-0.15, -0.1) is 0 Å². The molecule has 1 saturated heterocycles. The van der Waals surface area contributed by atoms with Crippen molar-refractivity contribution in [1.29, 1.82) is 0 Å². The van der Waals surface area contributed by atoms with Crippen molar-refractivity contribution >= 4 is 34.4 Å². The summed E-state index contributed by atoms with van der Waals surface area (Å²) in [5, 5.41) is 4.54.